The molecule has 0 aliphatic heterocycles. The van der Waals surface area contributed by atoms with E-state index in [1.54, 1.807) is 12.1 Å². The smallest absolute Gasteiger partial charge is 0.304 e. The fourth-order valence-electron chi connectivity index (χ4n) is 1.01. The summed E-state index contributed by atoms with van der Waals surface area (Å²) in [5.41, 5.74) is 0.505. The van der Waals surface area contributed by atoms with Gasteiger partial charge in [-0.15, -0.1) is 11.8 Å². The average molecular weight is 222 g/mol. The molecule has 1 rings (SSSR count). The largest absolute Gasteiger partial charge is 0.481 e. The van der Waals surface area contributed by atoms with Crippen LogP contribution in [0.25, 0.3) is 0 Å². The zero-order valence-electron chi connectivity index (χ0n) is 8.17. The lowest BCUT2D eigenvalue weighted by molar-refractivity contribution is -0.136. The highest BCUT2D eigenvalue weighted by atomic mass is 32.2. The van der Waals surface area contributed by atoms with E-state index < -0.39 is 5.97 Å². The third-order valence-electron chi connectivity index (χ3n) is 1.65. The first kappa shape index (κ1) is 11.5. The average Bonchev–Trinajstić information content (AvgIpc) is 2.17. The van der Waals surface area contributed by atoms with E-state index in [4.69, 9.17) is 10.4 Å². The van der Waals surface area contributed by atoms with Crippen LogP contribution in [0.2, 0.25) is 0 Å². The number of nitrogens with zero attached hydrogens (tertiary/aromatic N) is 2. The number of carboxylic acids is 1. The van der Waals surface area contributed by atoms with Crippen molar-refractivity contribution in [1.29, 1.82) is 5.26 Å². The maximum atomic E-state index is 10.4. The maximum Gasteiger partial charge on any atom is 0.304 e. The zero-order valence-corrected chi connectivity index (χ0v) is 8.99. The second-order valence-electron chi connectivity index (χ2n) is 3.02. The van der Waals surface area contributed by atoms with Crippen LogP contribution in [0.1, 0.15) is 18.9 Å². The molecule has 0 aliphatic carbocycles. The molecule has 1 N–H and O–H groups in total. The second-order valence-corrected chi connectivity index (χ2v) is 4.48. The molecule has 1 unspecified atom stereocenters. The van der Waals surface area contributed by atoms with Crippen molar-refractivity contribution in [2.75, 3.05) is 0 Å². The van der Waals surface area contributed by atoms with Crippen LogP contribution >= 0.6 is 11.8 Å². The minimum absolute atomic E-state index is 0.0251. The van der Waals surface area contributed by atoms with Gasteiger partial charge in [-0.3, -0.25) is 4.79 Å². The van der Waals surface area contributed by atoms with Crippen LogP contribution in [0, 0.1) is 11.3 Å². The molecule has 0 fully saturated rings. The third-order valence-corrected chi connectivity index (χ3v) is 2.70. The first-order chi connectivity index (χ1) is 7.11. The summed E-state index contributed by atoms with van der Waals surface area (Å²) in [4.78, 5) is 14.5. The molecule has 0 saturated heterocycles. The number of aliphatic carboxylic acids is 1. The molecule has 78 valence electrons. The Morgan fingerprint density at radius 2 is 2.47 bits per heavy atom. The van der Waals surface area contributed by atoms with E-state index in [0.29, 0.717) is 5.56 Å². The van der Waals surface area contributed by atoms with Crippen molar-refractivity contribution in [2.45, 2.75) is 23.6 Å². The minimum Gasteiger partial charge on any atom is -0.481 e. The van der Waals surface area contributed by atoms with Gasteiger partial charge in [-0.25, -0.2) is 4.98 Å². The van der Waals surface area contributed by atoms with E-state index in [2.05, 4.69) is 4.98 Å². The lowest BCUT2D eigenvalue weighted by Gasteiger charge is -2.06. The minimum atomic E-state index is -0.816. The lowest BCUT2D eigenvalue weighted by Crippen LogP contribution is -2.05. The van der Waals surface area contributed by atoms with E-state index in [0.717, 1.165) is 5.03 Å². The van der Waals surface area contributed by atoms with E-state index >= 15 is 0 Å². The van der Waals surface area contributed by atoms with Crippen LogP contribution in [0.4, 0.5) is 0 Å². The fourth-order valence-corrected chi connectivity index (χ4v) is 1.91. The monoisotopic (exact) mass is 222 g/mol. The normalized spacial score (nSPS) is 11.7. The highest BCUT2D eigenvalue weighted by Gasteiger charge is 2.09. The molecule has 1 aromatic heterocycles. The molecule has 1 atom stereocenters. The fraction of sp³-hybridized carbons (Fsp3) is 0.300. The van der Waals surface area contributed by atoms with E-state index in [9.17, 15) is 4.79 Å². The highest BCUT2D eigenvalue weighted by Crippen LogP contribution is 2.22. The summed E-state index contributed by atoms with van der Waals surface area (Å²) < 4.78 is 0. The number of aromatic nitrogens is 1. The number of carbonyl (C=O) groups is 1. The van der Waals surface area contributed by atoms with Crippen molar-refractivity contribution >= 4 is 17.7 Å². The van der Waals surface area contributed by atoms with Crippen LogP contribution in [0.15, 0.2) is 23.4 Å². The number of pyridine rings is 1. The Balaban J connectivity index is 2.58. The summed E-state index contributed by atoms with van der Waals surface area (Å²) in [5.74, 6) is -0.816. The Bertz CT molecular complexity index is 383. The predicted molar refractivity (Wildman–Crippen MR) is 56.5 cm³/mol. The Kier molecular flexibility index (Phi) is 4.13. The summed E-state index contributed by atoms with van der Waals surface area (Å²) >= 11 is 1.39. The number of hydrogen-bond donors (Lipinski definition) is 1. The number of nitriles is 1. The molecular formula is C10H10N2O2S. The maximum absolute atomic E-state index is 10.4. The van der Waals surface area contributed by atoms with E-state index in [1.807, 2.05) is 13.0 Å². The number of thioether (sulfide) groups is 1. The highest BCUT2D eigenvalue weighted by molar-refractivity contribution is 7.99. The summed E-state index contributed by atoms with van der Waals surface area (Å²) in [6.45, 7) is 1.83. The van der Waals surface area contributed by atoms with Crippen LogP contribution in [-0.2, 0) is 4.79 Å². The Morgan fingerprint density at radius 3 is 2.93 bits per heavy atom. The van der Waals surface area contributed by atoms with Crippen LogP contribution < -0.4 is 0 Å². The summed E-state index contributed by atoms with van der Waals surface area (Å²) in [5, 5.41) is 17.8. The Hall–Kier alpha value is -1.54. The Morgan fingerprint density at radius 1 is 1.73 bits per heavy atom. The van der Waals surface area contributed by atoms with Gasteiger partial charge >= 0.3 is 5.97 Å². The van der Waals surface area contributed by atoms with E-state index in [-0.39, 0.29) is 11.7 Å². The molecule has 0 amide bonds. The number of hydrogen-bond acceptors (Lipinski definition) is 4. The SMILES string of the molecule is CC(CC(=O)O)Sc1ccc(C#N)cn1. The van der Waals surface area contributed by atoms with Gasteiger partial charge in [0.1, 0.15) is 6.07 Å². The summed E-state index contributed by atoms with van der Waals surface area (Å²) in [7, 11) is 0. The first-order valence-corrected chi connectivity index (χ1v) is 5.24. The van der Waals surface area contributed by atoms with Crippen molar-refractivity contribution in [3.8, 4) is 6.07 Å². The summed E-state index contributed by atoms with van der Waals surface area (Å²) in [6, 6.07) is 5.37. The van der Waals surface area contributed by atoms with E-state index in [1.165, 1.54) is 18.0 Å². The predicted octanol–water partition coefficient (Wildman–Crippen LogP) is 1.91. The first-order valence-electron chi connectivity index (χ1n) is 4.36. The van der Waals surface area contributed by atoms with Gasteiger partial charge in [-0.2, -0.15) is 5.26 Å². The quantitative estimate of drug-likeness (QED) is 0.787. The van der Waals surface area contributed by atoms with Gasteiger partial charge in [-0.1, -0.05) is 6.92 Å². The molecule has 4 nitrogen and oxygen atoms in total. The van der Waals surface area contributed by atoms with Gasteiger partial charge in [0.2, 0.25) is 0 Å². The van der Waals surface area contributed by atoms with Crippen LogP contribution in [0.3, 0.4) is 0 Å². The van der Waals surface area contributed by atoms with Crippen molar-refractivity contribution in [3.05, 3.63) is 23.9 Å². The van der Waals surface area contributed by atoms with Gasteiger partial charge in [0, 0.05) is 11.4 Å². The molecule has 0 bridgehead atoms. The van der Waals surface area contributed by atoms with Crippen molar-refractivity contribution in [3.63, 3.8) is 0 Å². The number of rotatable bonds is 4. The summed E-state index contributed by atoms with van der Waals surface area (Å²) in [6.07, 6.45) is 1.59. The van der Waals surface area contributed by atoms with Gasteiger partial charge in [0.15, 0.2) is 0 Å². The van der Waals surface area contributed by atoms with Crippen LogP contribution in [0.5, 0.6) is 0 Å². The molecule has 1 aromatic rings. The van der Waals surface area contributed by atoms with Gasteiger partial charge < -0.3 is 5.11 Å². The molecule has 0 saturated carbocycles. The second kappa shape index (κ2) is 5.37. The molecule has 1 heterocycles. The molecule has 0 aliphatic rings. The molecular weight excluding hydrogens is 212 g/mol. The number of carboxylic acid groups (broad SMARTS) is 1. The van der Waals surface area contributed by atoms with Gasteiger partial charge in [0.25, 0.3) is 0 Å². The zero-order chi connectivity index (χ0) is 11.3. The molecule has 15 heavy (non-hydrogen) atoms. The van der Waals surface area contributed by atoms with Crippen molar-refractivity contribution in [1.82, 2.24) is 4.98 Å². The molecule has 0 aromatic carbocycles. The van der Waals surface area contributed by atoms with Gasteiger partial charge in [-0.05, 0) is 12.1 Å². The standard InChI is InChI=1S/C10H10N2O2S/c1-7(4-10(13)14)15-9-3-2-8(5-11)6-12-9/h2-3,6-7H,4H2,1H3,(H,13,14). The topological polar surface area (TPSA) is 74.0 Å². The molecule has 5 heteroatoms. The lowest BCUT2D eigenvalue weighted by atomic mass is 10.3. The van der Waals surface area contributed by atoms with Gasteiger partial charge in [0.05, 0.1) is 17.0 Å². The van der Waals surface area contributed by atoms with Crippen LogP contribution in [-0.4, -0.2) is 21.3 Å². The van der Waals surface area contributed by atoms with Crippen molar-refractivity contribution < 1.29 is 9.90 Å². The molecule has 0 spiro atoms. The third kappa shape index (κ3) is 4.00. The Labute approximate surface area is 91.9 Å². The molecule has 0 radical (unpaired) electrons. The van der Waals surface area contributed by atoms with Crippen molar-refractivity contribution in [2.24, 2.45) is 0 Å².